The number of nitrogens with zero attached hydrogens (tertiary/aromatic N) is 5. The van der Waals surface area contributed by atoms with E-state index in [9.17, 15) is 14.4 Å². The van der Waals surface area contributed by atoms with E-state index in [1.54, 1.807) is 30.3 Å². The topological polar surface area (TPSA) is 179 Å². The number of fused-ring (bicyclic) bond motifs is 3. The normalized spacial score (nSPS) is 20.0. The molecule has 2 N–H and O–H groups in total. The summed E-state index contributed by atoms with van der Waals surface area (Å²) >= 11 is 0. The number of H-pyrrole nitrogens is 1. The Kier molecular flexibility index (Phi) is 11.4. The van der Waals surface area contributed by atoms with E-state index >= 15 is 0 Å². The fourth-order valence-corrected chi connectivity index (χ4v) is 9.54. The fourth-order valence-electron chi connectivity index (χ4n) is 9.54. The first-order valence-electron chi connectivity index (χ1n) is 22.2. The van der Waals surface area contributed by atoms with Crippen LogP contribution in [-0.4, -0.2) is 101 Å². The molecule has 3 atom stereocenters. The maximum Gasteiger partial charge on any atom is 0.413 e. The molecule has 2 saturated carbocycles. The van der Waals surface area contributed by atoms with Gasteiger partial charge in [-0.1, -0.05) is 43.2 Å². The highest BCUT2D eigenvalue weighted by atomic mass is 16.7. The summed E-state index contributed by atoms with van der Waals surface area (Å²) in [5.74, 6) is 3.30. The molecule has 5 aromatic rings. The summed E-state index contributed by atoms with van der Waals surface area (Å²) in [5, 5.41) is 9.65. The van der Waals surface area contributed by atoms with Gasteiger partial charge in [0.2, 0.25) is 18.6 Å². The third-order valence-corrected chi connectivity index (χ3v) is 13.1. The monoisotopic (exact) mass is 869 g/mol. The second kappa shape index (κ2) is 17.7. The van der Waals surface area contributed by atoms with E-state index in [-0.39, 0.29) is 48.7 Å². The summed E-state index contributed by atoms with van der Waals surface area (Å²) in [6.45, 7) is 1.42. The number of aromatic nitrogens is 3. The molecule has 0 bridgehead atoms. The molecular formula is C48H51N7O9. The van der Waals surface area contributed by atoms with E-state index in [1.165, 1.54) is 6.33 Å². The van der Waals surface area contributed by atoms with Crippen LogP contribution >= 0.6 is 0 Å². The van der Waals surface area contributed by atoms with E-state index in [2.05, 4.69) is 20.3 Å². The Morgan fingerprint density at radius 3 is 2.44 bits per heavy atom. The molecule has 2 aliphatic carbocycles. The van der Waals surface area contributed by atoms with Crippen LogP contribution in [0.25, 0.3) is 22.3 Å². The lowest BCUT2D eigenvalue weighted by atomic mass is 9.73. The average molecular weight is 870 g/mol. The van der Waals surface area contributed by atoms with Crippen LogP contribution in [0.4, 0.5) is 4.79 Å². The molecule has 10 rings (SSSR count). The van der Waals surface area contributed by atoms with Crippen LogP contribution in [0.3, 0.4) is 0 Å². The number of ether oxygens (including phenoxy) is 6. The van der Waals surface area contributed by atoms with Crippen molar-refractivity contribution in [3.63, 3.8) is 0 Å². The number of aromatic amines is 1. The molecule has 3 aromatic carbocycles. The molecular weight excluding hydrogens is 819 g/mol. The van der Waals surface area contributed by atoms with Crippen molar-refractivity contribution in [3.05, 3.63) is 84.3 Å². The molecule has 16 heteroatoms. The molecule has 3 fully saturated rings. The van der Waals surface area contributed by atoms with Crippen LogP contribution in [0, 0.1) is 17.8 Å². The van der Waals surface area contributed by atoms with E-state index in [1.807, 2.05) is 60.7 Å². The van der Waals surface area contributed by atoms with Crippen molar-refractivity contribution in [2.24, 2.45) is 22.9 Å². The Balaban J connectivity index is 0.857. The number of likely N-dealkylation sites (tertiary alicyclic amines) is 1. The number of methoxy groups -OCH3 is 2. The summed E-state index contributed by atoms with van der Waals surface area (Å²) in [4.78, 5) is 56.4. The smallest absolute Gasteiger partial charge is 0.413 e. The zero-order valence-corrected chi connectivity index (χ0v) is 35.9. The van der Waals surface area contributed by atoms with Crippen molar-refractivity contribution >= 4 is 34.7 Å². The Morgan fingerprint density at radius 1 is 0.875 bits per heavy atom. The predicted molar refractivity (Wildman–Crippen MR) is 235 cm³/mol. The maximum atomic E-state index is 14.4. The maximum absolute atomic E-state index is 14.4. The number of nitrogens with one attached hydrogen (secondary N) is 2. The summed E-state index contributed by atoms with van der Waals surface area (Å²) in [7, 11) is 3.22. The van der Waals surface area contributed by atoms with Crippen LogP contribution < -0.4 is 33.7 Å². The van der Waals surface area contributed by atoms with Gasteiger partial charge in [0, 0.05) is 43.1 Å². The molecule has 332 valence electrons. The third kappa shape index (κ3) is 8.12. The number of benzene rings is 3. The van der Waals surface area contributed by atoms with Gasteiger partial charge in [-0.3, -0.25) is 9.59 Å². The van der Waals surface area contributed by atoms with Gasteiger partial charge in [-0.25, -0.2) is 19.8 Å². The van der Waals surface area contributed by atoms with Crippen molar-refractivity contribution in [1.82, 2.24) is 30.2 Å². The molecule has 64 heavy (non-hydrogen) atoms. The summed E-state index contributed by atoms with van der Waals surface area (Å²) in [6.07, 6.45) is 9.46. The van der Waals surface area contributed by atoms with Crippen molar-refractivity contribution in [2.45, 2.75) is 69.9 Å². The second-order valence-corrected chi connectivity index (χ2v) is 17.1. The fraction of sp³-hybridized carbons (Fsp3) is 0.417. The highest BCUT2D eigenvalue weighted by molar-refractivity contribution is 6.07. The predicted octanol–water partition coefficient (Wildman–Crippen LogP) is 6.90. The Bertz CT molecular complexity index is 2590. The van der Waals surface area contributed by atoms with Crippen LogP contribution in [0.5, 0.6) is 34.5 Å². The summed E-state index contributed by atoms with van der Waals surface area (Å²) in [5.41, 5.74) is 4.67. The first-order chi connectivity index (χ1) is 31.4. The number of hydrogen-bond donors (Lipinski definition) is 2. The minimum Gasteiger partial charge on any atom is -0.493 e. The number of rotatable bonds is 13. The minimum absolute atomic E-state index is 0.0267. The minimum atomic E-state index is -0.939. The number of carbonyl (C=O) groups is 3. The first-order valence-corrected chi connectivity index (χ1v) is 22.2. The van der Waals surface area contributed by atoms with E-state index in [4.69, 9.17) is 33.5 Å². The molecule has 5 aliphatic rings. The molecule has 5 heterocycles. The highest BCUT2D eigenvalue weighted by Crippen LogP contribution is 2.49. The summed E-state index contributed by atoms with van der Waals surface area (Å²) in [6, 6.07) is 17.9. The van der Waals surface area contributed by atoms with Crippen molar-refractivity contribution in [1.29, 1.82) is 0 Å². The van der Waals surface area contributed by atoms with Gasteiger partial charge in [-0.2, -0.15) is 5.10 Å². The van der Waals surface area contributed by atoms with Crippen LogP contribution in [0.15, 0.2) is 78.3 Å². The number of piperidine rings is 1. The van der Waals surface area contributed by atoms with E-state index in [0.29, 0.717) is 89.5 Å². The largest absolute Gasteiger partial charge is 0.493 e. The van der Waals surface area contributed by atoms with Gasteiger partial charge in [-0.05, 0) is 80.3 Å². The molecule has 0 unspecified atom stereocenters. The van der Waals surface area contributed by atoms with Gasteiger partial charge in [0.05, 0.1) is 43.7 Å². The molecule has 3 amide bonds. The molecule has 3 aliphatic heterocycles. The quantitative estimate of drug-likeness (QED) is 0.126. The molecule has 0 spiro atoms. The lowest BCUT2D eigenvalue weighted by Crippen LogP contribution is -2.56. The van der Waals surface area contributed by atoms with Crippen molar-refractivity contribution in [3.8, 4) is 45.8 Å². The van der Waals surface area contributed by atoms with Crippen LogP contribution in [0.1, 0.15) is 62.5 Å². The van der Waals surface area contributed by atoms with Gasteiger partial charge >= 0.3 is 6.09 Å². The van der Waals surface area contributed by atoms with Gasteiger partial charge in [0.15, 0.2) is 28.7 Å². The Labute approximate surface area is 370 Å². The number of hydrogen-bond acceptors (Lipinski definition) is 12. The first kappa shape index (κ1) is 41.2. The molecule has 16 nitrogen and oxygen atoms in total. The van der Waals surface area contributed by atoms with Crippen molar-refractivity contribution in [2.75, 3.05) is 40.7 Å². The van der Waals surface area contributed by atoms with Crippen molar-refractivity contribution < 1.29 is 42.8 Å². The second-order valence-electron chi connectivity index (χ2n) is 17.1. The number of amides is 3. The Morgan fingerprint density at radius 2 is 1.66 bits per heavy atom. The number of hydrazone groups is 1. The highest BCUT2D eigenvalue weighted by Gasteiger charge is 2.44. The Hall–Kier alpha value is -6.84. The standard InChI is InChI=1S/C48H51N7O9/c1-59-35-15-14-30(23-38(35)60-2)41-32-10-6-7-11-33(32)46(56)55(53-41)31-18-20-54(21-19-31)47(57)34(22-28-8-4-3-5-9-28)52-48(58)64-39-24-49-44-42(39)50-26-51-43(44)40-36(61-25-29-12-13-29)16-17-37-45(40)63-27-62-37/h3-5,8-9,14-17,23-24,26,29,31-34,49H,6-7,10-13,18-22,25,27H2,1-2H3,(H,52,58)/t32-,33+,34+/m0/s1. The zero-order chi connectivity index (χ0) is 43.7. The SMILES string of the molecule is COc1ccc(C2=NN(C3CCN(C(=O)[C@@H](Cc4ccccc4)NC(=O)Oc4c[nH]c5c(-c6c(OCC7CC7)ccc7c6OCO7)ncnc45)CC3)C(=O)[C@@H]3CCCC[C@H]23)cc1OC. The van der Waals surface area contributed by atoms with Gasteiger partial charge in [-0.15, -0.1) is 0 Å². The lowest BCUT2D eigenvalue weighted by Gasteiger charge is -2.43. The van der Waals surface area contributed by atoms with E-state index in [0.717, 1.165) is 55.4 Å². The molecule has 1 saturated heterocycles. The van der Waals surface area contributed by atoms with Gasteiger partial charge in [0.1, 0.15) is 29.3 Å². The van der Waals surface area contributed by atoms with Gasteiger partial charge in [0.25, 0.3) is 0 Å². The zero-order valence-electron chi connectivity index (χ0n) is 35.9. The lowest BCUT2D eigenvalue weighted by molar-refractivity contribution is -0.143. The molecule has 0 radical (unpaired) electrons. The molecule has 2 aromatic heterocycles. The van der Waals surface area contributed by atoms with Gasteiger partial charge < -0.3 is 43.6 Å². The third-order valence-electron chi connectivity index (χ3n) is 13.1. The number of carbonyl (C=O) groups excluding carboxylic acids is 3. The van der Waals surface area contributed by atoms with Crippen LogP contribution in [0.2, 0.25) is 0 Å². The van der Waals surface area contributed by atoms with Crippen LogP contribution in [-0.2, 0) is 16.0 Å². The summed E-state index contributed by atoms with van der Waals surface area (Å²) < 4.78 is 34.8. The average Bonchev–Trinajstić information content (AvgIpc) is 3.89. The van der Waals surface area contributed by atoms with E-state index < -0.39 is 12.1 Å².